The topological polar surface area (TPSA) is 168 Å². The molecule has 11 heteroatoms. The van der Waals surface area contributed by atoms with Crippen molar-refractivity contribution in [2.24, 2.45) is 0 Å². The normalized spacial score (nSPS) is 11.2. The van der Waals surface area contributed by atoms with Crippen LogP contribution in [0.15, 0.2) is 0 Å². The highest BCUT2D eigenvalue weighted by Crippen LogP contribution is 2.14. The molecule has 0 saturated heterocycles. The Morgan fingerprint density at radius 2 is 1.09 bits per heavy atom. The first-order valence-corrected chi connectivity index (χ1v) is 16.9. The molecule has 258 valence electrons. The summed E-state index contributed by atoms with van der Waals surface area (Å²) < 4.78 is 10.5. The van der Waals surface area contributed by atoms with Crippen LogP contribution >= 0.6 is 0 Å². The number of carboxylic acids is 2. The molecule has 0 aromatic heterocycles. The molecule has 0 aliphatic heterocycles. The molecule has 2 amide bonds. The summed E-state index contributed by atoms with van der Waals surface area (Å²) in [6, 6.07) is -1.10. The molecule has 11 nitrogen and oxygen atoms in total. The number of carboxylic acid groups (broad SMARTS) is 2. The maximum atomic E-state index is 12.2. The highest BCUT2D eigenvalue weighted by Gasteiger charge is 2.20. The highest BCUT2D eigenvalue weighted by molar-refractivity contribution is 5.84. The SMILES string of the molecule is CC.CCC(=O)COCCOCCNC(=O)CC[C@H](NC(=O)CCCCCCCCCCCCCCCCC(=O)O)C(=O)O. The quantitative estimate of drug-likeness (QED) is 0.0690. The summed E-state index contributed by atoms with van der Waals surface area (Å²) >= 11 is 0. The molecule has 4 N–H and O–H groups in total. The molecule has 0 rings (SSSR count). The summed E-state index contributed by atoms with van der Waals surface area (Å²) in [5, 5.41) is 23.2. The minimum Gasteiger partial charge on any atom is -0.481 e. The zero-order chi connectivity index (χ0) is 33.3. The fourth-order valence-corrected chi connectivity index (χ4v) is 4.34. The minimum absolute atomic E-state index is 0.0137. The van der Waals surface area contributed by atoms with Gasteiger partial charge in [-0.05, 0) is 19.3 Å². The summed E-state index contributed by atoms with van der Waals surface area (Å²) in [4.78, 5) is 57.3. The zero-order valence-corrected chi connectivity index (χ0v) is 27.8. The van der Waals surface area contributed by atoms with Gasteiger partial charge in [-0.3, -0.25) is 19.2 Å². The van der Waals surface area contributed by atoms with E-state index in [0.717, 1.165) is 38.5 Å². The van der Waals surface area contributed by atoms with Crippen molar-refractivity contribution in [2.45, 2.75) is 149 Å². The van der Waals surface area contributed by atoms with E-state index in [-0.39, 0.29) is 63.0 Å². The van der Waals surface area contributed by atoms with Gasteiger partial charge in [0.25, 0.3) is 0 Å². The summed E-state index contributed by atoms with van der Waals surface area (Å²) in [7, 11) is 0. The predicted molar refractivity (Wildman–Crippen MR) is 172 cm³/mol. The second-order valence-electron chi connectivity index (χ2n) is 10.7. The number of unbranched alkanes of at least 4 members (excludes halogenated alkanes) is 13. The average molecular weight is 631 g/mol. The van der Waals surface area contributed by atoms with Crippen molar-refractivity contribution in [1.82, 2.24) is 10.6 Å². The van der Waals surface area contributed by atoms with Crippen molar-refractivity contribution in [3.05, 3.63) is 0 Å². The number of carbonyl (C=O) groups is 5. The third kappa shape index (κ3) is 32.4. The number of carbonyl (C=O) groups excluding carboxylic acids is 3. The number of rotatable bonds is 31. The van der Waals surface area contributed by atoms with Gasteiger partial charge >= 0.3 is 11.9 Å². The van der Waals surface area contributed by atoms with Crippen LogP contribution in [0, 0.1) is 0 Å². The molecule has 0 fully saturated rings. The lowest BCUT2D eigenvalue weighted by atomic mass is 10.0. The molecular formula is C33H62N2O9. The molecule has 0 aliphatic rings. The van der Waals surface area contributed by atoms with Gasteiger partial charge in [0.1, 0.15) is 12.6 Å². The lowest BCUT2D eigenvalue weighted by Gasteiger charge is -2.14. The van der Waals surface area contributed by atoms with Crippen molar-refractivity contribution >= 4 is 29.5 Å². The summed E-state index contributed by atoms with van der Waals surface area (Å²) in [5.74, 6) is -2.45. The molecule has 0 saturated carbocycles. The van der Waals surface area contributed by atoms with Gasteiger partial charge < -0.3 is 30.3 Å². The van der Waals surface area contributed by atoms with E-state index in [1.54, 1.807) is 6.92 Å². The Kier molecular flexibility index (Phi) is 33.1. The third-order valence-electron chi connectivity index (χ3n) is 6.94. The van der Waals surface area contributed by atoms with E-state index in [0.29, 0.717) is 26.1 Å². The van der Waals surface area contributed by atoms with Crippen LogP contribution in [0.5, 0.6) is 0 Å². The number of nitrogens with one attached hydrogen (secondary N) is 2. The number of ketones is 1. The number of aliphatic carboxylic acids is 2. The highest BCUT2D eigenvalue weighted by atomic mass is 16.5. The molecule has 0 heterocycles. The average Bonchev–Trinajstić information content (AvgIpc) is 3.00. The zero-order valence-electron chi connectivity index (χ0n) is 27.8. The van der Waals surface area contributed by atoms with Gasteiger partial charge in [0, 0.05) is 32.2 Å². The Balaban J connectivity index is 0. The van der Waals surface area contributed by atoms with Crippen molar-refractivity contribution in [2.75, 3.05) is 33.0 Å². The van der Waals surface area contributed by atoms with Gasteiger partial charge in [-0.2, -0.15) is 0 Å². The monoisotopic (exact) mass is 630 g/mol. The molecule has 44 heavy (non-hydrogen) atoms. The van der Waals surface area contributed by atoms with Crippen molar-refractivity contribution < 1.29 is 43.7 Å². The molecule has 1 atom stereocenters. The van der Waals surface area contributed by atoms with Crippen LogP contribution in [0.2, 0.25) is 0 Å². The Bertz CT molecular complexity index is 747. The van der Waals surface area contributed by atoms with Gasteiger partial charge in [-0.25, -0.2) is 4.79 Å². The molecular weight excluding hydrogens is 568 g/mol. The van der Waals surface area contributed by atoms with E-state index in [9.17, 15) is 29.1 Å². The summed E-state index contributed by atoms with van der Waals surface area (Å²) in [6.45, 7) is 6.99. The van der Waals surface area contributed by atoms with Crippen LogP contribution in [-0.4, -0.2) is 78.8 Å². The van der Waals surface area contributed by atoms with E-state index < -0.39 is 18.0 Å². The van der Waals surface area contributed by atoms with Crippen LogP contribution in [0.1, 0.15) is 143 Å². The Labute approximate surface area is 265 Å². The van der Waals surface area contributed by atoms with Crippen molar-refractivity contribution in [1.29, 1.82) is 0 Å². The van der Waals surface area contributed by atoms with Crippen molar-refractivity contribution in [3.8, 4) is 0 Å². The smallest absolute Gasteiger partial charge is 0.326 e. The number of hydrogen-bond acceptors (Lipinski definition) is 7. The Morgan fingerprint density at radius 3 is 1.57 bits per heavy atom. The van der Waals surface area contributed by atoms with Crippen LogP contribution in [0.4, 0.5) is 0 Å². The molecule has 0 aromatic carbocycles. The number of amides is 2. The first-order valence-electron chi connectivity index (χ1n) is 16.9. The second kappa shape index (κ2) is 33.4. The maximum absolute atomic E-state index is 12.2. The van der Waals surface area contributed by atoms with Gasteiger partial charge in [0.05, 0.1) is 19.8 Å². The van der Waals surface area contributed by atoms with E-state index in [2.05, 4.69) is 10.6 Å². The largest absolute Gasteiger partial charge is 0.481 e. The number of hydrogen-bond donors (Lipinski definition) is 4. The van der Waals surface area contributed by atoms with Crippen LogP contribution in [0.25, 0.3) is 0 Å². The number of ether oxygens (including phenoxy) is 2. The van der Waals surface area contributed by atoms with Gasteiger partial charge in [-0.1, -0.05) is 97.8 Å². The van der Waals surface area contributed by atoms with E-state index in [1.165, 1.54) is 44.9 Å². The van der Waals surface area contributed by atoms with Gasteiger partial charge in [0.15, 0.2) is 5.78 Å². The Hall–Kier alpha value is -2.53. The fraction of sp³-hybridized carbons (Fsp3) is 0.848. The second-order valence-corrected chi connectivity index (χ2v) is 10.7. The molecule has 0 unspecified atom stereocenters. The molecule has 0 radical (unpaired) electrons. The van der Waals surface area contributed by atoms with Gasteiger partial charge in [0.2, 0.25) is 11.8 Å². The summed E-state index contributed by atoms with van der Waals surface area (Å²) in [6.07, 6.45) is 16.3. The lowest BCUT2D eigenvalue weighted by Crippen LogP contribution is -2.41. The standard InChI is InChI=1S/C31H56N2O9.C2H6/c1-2-26(34)25-42-24-23-41-22-21-32-28(35)20-19-27(31(39)40)33-29(36)17-15-13-11-9-7-5-3-4-6-8-10-12-14-16-18-30(37)38;1-2/h27H,2-25H2,1H3,(H,32,35)(H,33,36)(H,37,38)(H,39,40);1-2H3/t27-;/m0./s1. The van der Waals surface area contributed by atoms with Gasteiger partial charge in [-0.15, -0.1) is 0 Å². The van der Waals surface area contributed by atoms with Crippen LogP contribution in [-0.2, 0) is 33.4 Å². The number of Topliss-reactive ketones (excluding diaryl/α,β-unsaturated/α-hetero) is 1. The minimum atomic E-state index is -1.16. The lowest BCUT2D eigenvalue weighted by molar-refractivity contribution is -0.142. The molecule has 0 spiro atoms. The summed E-state index contributed by atoms with van der Waals surface area (Å²) in [5.41, 5.74) is 0. The van der Waals surface area contributed by atoms with Crippen molar-refractivity contribution in [3.63, 3.8) is 0 Å². The van der Waals surface area contributed by atoms with Crippen LogP contribution < -0.4 is 10.6 Å². The Morgan fingerprint density at radius 1 is 0.614 bits per heavy atom. The molecule has 0 aromatic rings. The maximum Gasteiger partial charge on any atom is 0.326 e. The first kappa shape index (κ1) is 43.6. The van der Waals surface area contributed by atoms with E-state index >= 15 is 0 Å². The fourth-order valence-electron chi connectivity index (χ4n) is 4.34. The van der Waals surface area contributed by atoms with E-state index in [4.69, 9.17) is 14.6 Å². The third-order valence-corrected chi connectivity index (χ3v) is 6.94. The molecule has 0 bridgehead atoms. The molecule has 0 aliphatic carbocycles. The van der Waals surface area contributed by atoms with E-state index in [1.807, 2.05) is 13.8 Å². The predicted octanol–water partition coefficient (Wildman–Crippen LogP) is 5.82. The first-order chi connectivity index (χ1) is 21.3. The van der Waals surface area contributed by atoms with Crippen LogP contribution in [0.3, 0.4) is 0 Å².